The van der Waals surface area contributed by atoms with Crippen molar-refractivity contribution in [2.75, 3.05) is 40.9 Å². The predicted octanol–water partition coefficient (Wildman–Crippen LogP) is 3.78. The highest BCUT2D eigenvalue weighted by Crippen LogP contribution is 2.40. The third-order valence-electron chi connectivity index (χ3n) is 5.74. The average molecular weight is 453 g/mol. The molecule has 2 aromatic rings. The zero-order chi connectivity index (χ0) is 24.1. The molecule has 33 heavy (non-hydrogen) atoms. The highest BCUT2D eigenvalue weighted by Gasteiger charge is 2.45. The van der Waals surface area contributed by atoms with E-state index in [0.717, 1.165) is 17.7 Å². The Hall–Kier alpha value is -3.32. The highest BCUT2D eigenvalue weighted by atomic mass is 16.5. The van der Waals surface area contributed by atoms with Gasteiger partial charge < -0.3 is 24.4 Å². The third-order valence-corrected chi connectivity index (χ3v) is 5.74. The maximum absolute atomic E-state index is 13.1. The predicted molar refractivity (Wildman–Crippen MR) is 128 cm³/mol. The summed E-state index contributed by atoms with van der Waals surface area (Å²) in [6, 6.07) is 11.9. The van der Waals surface area contributed by atoms with E-state index in [1.165, 1.54) is 0 Å². The van der Waals surface area contributed by atoms with Crippen molar-refractivity contribution in [1.82, 2.24) is 9.80 Å². The summed E-state index contributed by atoms with van der Waals surface area (Å²) in [5, 5.41) is 11.3. The van der Waals surface area contributed by atoms with E-state index in [0.29, 0.717) is 36.6 Å². The summed E-state index contributed by atoms with van der Waals surface area (Å²) in [6.45, 7) is 5.45. The molecule has 1 aliphatic rings. The van der Waals surface area contributed by atoms with Crippen LogP contribution in [0.15, 0.2) is 48.0 Å². The lowest BCUT2D eigenvalue weighted by Gasteiger charge is -2.26. The van der Waals surface area contributed by atoms with E-state index in [9.17, 15) is 14.7 Å². The van der Waals surface area contributed by atoms with Gasteiger partial charge in [0.2, 0.25) is 0 Å². The van der Waals surface area contributed by atoms with Gasteiger partial charge in [-0.25, -0.2) is 0 Å². The Balaban J connectivity index is 2.09. The van der Waals surface area contributed by atoms with Crippen molar-refractivity contribution < 1.29 is 24.2 Å². The summed E-state index contributed by atoms with van der Waals surface area (Å²) in [5.74, 6) is -0.0950. The summed E-state index contributed by atoms with van der Waals surface area (Å²) >= 11 is 0. The van der Waals surface area contributed by atoms with Crippen LogP contribution in [0, 0.1) is 6.92 Å². The van der Waals surface area contributed by atoms with E-state index in [-0.39, 0.29) is 11.3 Å². The first kappa shape index (κ1) is 24.3. The molecule has 7 nitrogen and oxygen atoms in total. The topological polar surface area (TPSA) is 79.3 Å². The van der Waals surface area contributed by atoms with Crippen molar-refractivity contribution >= 4 is 17.4 Å². The summed E-state index contributed by atoms with van der Waals surface area (Å²) in [6.07, 6.45) is 0.704. The van der Waals surface area contributed by atoms with Crippen molar-refractivity contribution in [2.45, 2.75) is 26.3 Å². The number of amides is 1. The van der Waals surface area contributed by atoms with Gasteiger partial charge in [0, 0.05) is 12.1 Å². The van der Waals surface area contributed by atoms with Crippen LogP contribution in [-0.4, -0.2) is 67.5 Å². The SMILES string of the molecule is CCOc1ccc([C@H]2C(=C(O)c3ccc(OC)cc3C)C(=O)C(=O)N2CCCN(C)C)cc1. The highest BCUT2D eigenvalue weighted by molar-refractivity contribution is 6.46. The number of ether oxygens (including phenoxy) is 2. The van der Waals surface area contributed by atoms with Crippen molar-refractivity contribution in [1.29, 1.82) is 0 Å². The summed E-state index contributed by atoms with van der Waals surface area (Å²) in [5.41, 5.74) is 2.09. The van der Waals surface area contributed by atoms with Crippen LogP contribution in [-0.2, 0) is 9.59 Å². The van der Waals surface area contributed by atoms with Crippen LogP contribution in [0.1, 0.15) is 36.1 Å². The maximum Gasteiger partial charge on any atom is 0.295 e. The lowest BCUT2D eigenvalue weighted by Crippen LogP contribution is -2.32. The van der Waals surface area contributed by atoms with E-state index in [4.69, 9.17) is 9.47 Å². The zero-order valence-corrected chi connectivity index (χ0v) is 19.9. The normalized spacial score (nSPS) is 17.6. The Morgan fingerprint density at radius 3 is 2.33 bits per heavy atom. The van der Waals surface area contributed by atoms with Crippen LogP contribution >= 0.6 is 0 Å². The molecule has 0 aliphatic carbocycles. The van der Waals surface area contributed by atoms with Crippen molar-refractivity contribution in [2.24, 2.45) is 0 Å². The lowest BCUT2D eigenvalue weighted by atomic mass is 9.93. The first-order valence-electron chi connectivity index (χ1n) is 11.1. The Morgan fingerprint density at radius 1 is 1.09 bits per heavy atom. The Bertz CT molecular complexity index is 1040. The van der Waals surface area contributed by atoms with Crippen LogP contribution in [0.5, 0.6) is 11.5 Å². The molecule has 1 fully saturated rings. The molecule has 176 valence electrons. The van der Waals surface area contributed by atoms with E-state index < -0.39 is 17.7 Å². The molecular formula is C26H32N2O5. The Morgan fingerprint density at radius 2 is 1.76 bits per heavy atom. The number of hydrogen-bond acceptors (Lipinski definition) is 6. The fourth-order valence-corrected chi connectivity index (χ4v) is 4.10. The van der Waals surface area contributed by atoms with E-state index >= 15 is 0 Å². The molecular weight excluding hydrogens is 420 g/mol. The van der Waals surface area contributed by atoms with Crippen molar-refractivity contribution in [3.63, 3.8) is 0 Å². The van der Waals surface area contributed by atoms with Crippen LogP contribution < -0.4 is 9.47 Å². The van der Waals surface area contributed by atoms with Gasteiger partial charge in [-0.15, -0.1) is 0 Å². The molecule has 0 unspecified atom stereocenters. The molecule has 1 amide bonds. The molecule has 0 aromatic heterocycles. The smallest absolute Gasteiger partial charge is 0.295 e. The summed E-state index contributed by atoms with van der Waals surface area (Å²) in [4.78, 5) is 29.8. The van der Waals surface area contributed by atoms with Gasteiger partial charge in [-0.3, -0.25) is 9.59 Å². The van der Waals surface area contributed by atoms with Crippen LogP contribution in [0.4, 0.5) is 0 Å². The molecule has 1 N–H and O–H groups in total. The van der Waals surface area contributed by atoms with Crippen molar-refractivity contribution in [3.8, 4) is 11.5 Å². The number of benzene rings is 2. The molecule has 1 aliphatic heterocycles. The largest absolute Gasteiger partial charge is 0.507 e. The molecule has 0 bridgehead atoms. The minimum absolute atomic E-state index is 0.0993. The fourth-order valence-electron chi connectivity index (χ4n) is 4.10. The van der Waals surface area contributed by atoms with Crippen LogP contribution in [0.25, 0.3) is 5.76 Å². The Kier molecular flexibility index (Phi) is 7.76. The number of carbonyl (C=O) groups is 2. The molecule has 0 spiro atoms. The monoisotopic (exact) mass is 452 g/mol. The van der Waals surface area contributed by atoms with Gasteiger partial charge in [0.05, 0.1) is 25.3 Å². The van der Waals surface area contributed by atoms with Gasteiger partial charge in [-0.1, -0.05) is 12.1 Å². The number of nitrogens with zero attached hydrogens (tertiary/aromatic N) is 2. The van der Waals surface area contributed by atoms with Gasteiger partial charge >= 0.3 is 0 Å². The van der Waals surface area contributed by atoms with Crippen molar-refractivity contribution in [3.05, 3.63) is 64.7 Å². The molecule has 1 saturated heterocycles. The first-order chi connectivity index (χ1) is 15.8. The molecule has 1 heterocycles. The number of likely N-dealkylation sites (tertiary alicyclic amines) is 1. The second-order valence-corrected chi connectivity index (χ2v) is 8.33. The number of methoxy groups -OCH3 is 1. The number of hydrogen-bond donors (Lipinski definition) is 1. The maximum atomic E-state index is 13.1. The number of aryl methyl sites for hydroxylation is 1. The number of rotatable bonds is 9. The van der Waals surface area contributed by atoms with Gasteiger partial charge in [-0.2, -0.15) is 0 Å². The molecule has 2 aromatic carbocycles. The molecule has 7 heteroatoms. The average Bonchev–Trinajstić information content (AvgIpc) is 3.04. The first-order valence-corrected chi connectivity index (χ1v) is 11.1. The molecule has 0 saturated carbocycles. The summed E-state index contributed by atoms with van der Waals surface area (Å²) in [7, 11) is 5.49. The second-order valence-electron chi connectivity index (χ2n) is 8.33. The van der Waals surface area contributed by atoms with Gasteiger partial charge in [-0.05, 0) is 82.4 Å². The van der Waals surface area contributed by atoms with Crippen LogP contribution in [0.3, 0.4) is 0 Å². The van der Waals surface area contributed by atoms with Crippen LogP contribution in [0.2, 0.25) is 0 Å². The fraction of sp³-hybridized carbons (Fsp3) is 0.385. The minimum atomic E-state index is -0.677. The van der Waals surface area contributed by atoms with Gasteiger partial charge in [0.15, 0.2) is 0 Å². The number of carbonyl (C=O) groups excluding carboxylic acids is 2. The Labute approximate surface area is 195 Å². The van der Waals surface area contributed by atoms with Gasteiger partial charge in [0.25, 0.3) is 11.7 Å². The summed E-state index contributed by atoms with van der Waals surface area (Å²) < 4.78 is 10.8. The van der Waals surface area contributed by atoms with Gasteiger partial charge in [0.1, 0.15) is 17.3 Å². The molecule has 0 radical (unpaired) electrons. The molecule has 1 atom stereocenters. The van der Waals surface area contributed by atoms with E-state index in [1.807, 2.05) is 57.1 Å². The zero-order valence-electron chi connectivity index (χ0n) is 19.9. The minimum Gasteiger partial charge on any atom is -0.507 e. The standard InChI is InChI=1S/C26H32N2O5/c1-6-33-19-10-8-18(9-11-19)23-22(24(29)21-13-12-20(32-5)16-17(21)2)25(30)26(31)28(23)15-7-14-27(3)4/h8-13,16,23,29H,6-7,14-15H2,1-5H3/t23-/m0/s1. The molecule has 3 rings (SSSR count). The quantitative estimate of drug-likeness (QED) is 0.354. The number of ketones is 1. The van der Waals surface area contributed by atoms with E-state index in [2.05, 4.69) is 0 Å². The number of aliphatic hydroxyl groups is 1. The van der Waals surface area contributed by atoms with E-state index in [1.54, 1.807) is 30.2 Å². The lowest BCUT2D eigenvalue weighted by molar-refractivity contribution is -0.139. The number of Topliss-reactive ketones (excluding diaryl/α,β-unsaturated/α-hetero) is 1. The number of aliphatic hydroxyl groups excluding tert-OH is 1. The second kappa shape index (κ2) is 10.5. The third kappa shape index (κ3) is 5.20.